The van der Waals surface area contributed by atoms with Crippen molar-refractivity contribution < 1.29 is 4.74 Å². The van der Waals surface area contributed by atoms with Crippen LogP contribution in [0.3, 0.4) is 0 Å². The molecule has 1 saturated heterocycles. The van der Waals surface area contributed by atoms with Crippen LogP contribution in [0, 0.1) is 5.41 Å². The number of nitrogens with one attached hydrogen (secondary N) is 1. The molecule has 3 unspecified atom stereocenters. The predicted octanol–water partition coefficient (Wildman–Crippen LogP) is 1.80. The van der Waals surface area contributed by atoms with Gasteiger partial charge in [0.25, 0.3) is 0 Å². The maximum atomic E-state index is 5.62. The average Bonchev–Trinajstić information content (AvgIpc) is 2.05. The van der Waals surface area contributed by atoms with Crippen LogP contribution < -0.4 is 5.32 Å². The van der Waals surface area contributed by atoms with Crippen molar-refractivity contribution in [3.8, 4) is 0 Å². The minimum Gasteiger partial charge on any atom is -0.377 e. The lowest BCUT2D eigenvalue weighted by atomic mass is 9.74. The zero-order valence-corrected chi connectivity index (χ0v) is 8.68. The molecule has 3 atom stereocenters. The highest BCUT2D eigenvalue weighted by molar-refractivity contribution is 4.90. The van der Waals surface area contributed by atoms with Gasteiger partial charge in [0.2, 0.25) is 0 Å². The van der Waals surface area contributed by atoms with Gasteiger partial charge in [-0.3, -0.25) is 0 Å². The van der Waals surface area contributed by atoms with E-state index in [2.05, 4.69) is 26.1 Å². The van der Waals surface area contributed by atoms with Crippen LogP contribution in [-0.4, -0.2) is 25.8 Å². The largest absolute Gasteiger partial charge is 0.377 e. The molecule has 0 bridgehead atoms. The number of likely N-dealkylation sites (N-methyl/N-ethyl adjacent to an activating group) is 1. The van der Waals surface area contributed by atoms with Crippen molar-refractivity contribution in [1.29, 1.82) is 0 Å². The van der Waals surface area contributed by atoms with E-state index in [9.17, 15) is 0 Å². The first-order chi connectivity index (χ1) is 5.62. The van der Waals surface area contributed by atoms with Crippen molar-refractivity contribution in [2.24, 2.45) is 5.41 Å². The monoisotopic (exact) mass is 171 g/mol. The smallest absolute Gasteiger partial charge is 0.0628 e. The minimum atomic E-state index is 0.423. The van der Waals surface area contributed by atoms with E-state index in [1.165, 1.54) is 12.8 Å². The summed E-state index contributed by atoms with van der Waals surface area (Å²) >= 11 is 0. The van der Waals surface area contributed by atoms with Gasteiger partial charge in [-0.15, -0.1) is 0 Å². The average molecular weight is 171 g/mol. The summed E-state index contributed by atoms with van der Waals surface area (Å²) in [4.78, 5) is 0. The summed E-state index contributed by atoms with van der Waals surface area (Å²) in [5, 5.41) is 3.34. The zero-order valence-electron chi connectivity index (χ0n) is 8.68. The fourth-order valence-corrected chi connectivity index (χ4v) is 2.14. The molecular formula is C10H21NO. The Morgan fingerprint density at radius 3 is 2.75 bits per heavy atom. The fraction of sp³-hybridized carbons (Fsp3) is 1.00. The standard InChI is InChI=1S/C10H21NO/c1-5-10(3)6-8(2)12-7-9(10)11-4/h8-9,11H,5-7H2,1-4H3. The molecule has 0 radical (unpaired) electrons. The van der Waals surface area contributed by atoms with Gasteiger partial charge < -0.3 is 10.1 Å². The third-order valence-electron chi connectivity index (χ3n) is 3.30. The number of rotatable bonds is 2. The summed E-state index contributed by atoms with van der Waals surface area (Å²) in [5.74, 6) is 0. The Labute approximate surface area is 75.7 Å². The second-order valence-corrected chi connectivity index (χ2v) is 4.20. The summed E-state index contributed by atoms with van der Waals surface area (Å²) in [6.07, 6.45) is 2.83. The van der Waals surface area contributed by atoms with Crippen LogP contribution in [0.25, 0.3) is 0 Å². The lowest BCUT2D eigenvalue weighted by molar-refractivity contribution is -0.0576. The van der Waals surface area contributed by atoms with Gasteiger partial charge in [-0.2, -0.15) is 0 Å². The molecule has 1 aliphatic rings. The summed E-state index contributed by atoms with van der Waals surface area (Å²) in [5.41, 5.74) is 0.423. The van der Waals surface area contributed by atoms with Gasteiger partial charge in [-0.1, -0.05) is 13.8 Å². The summed E-state index contributed by atoms with van der Waals surface area (Å²) in [6.45, 7) is 7.65. The van der Waals surface area contributed by atoms with Crippen molar-refractivity contribution in [2.45, 2.75) is 45.8 Å². The third kappa shape index (κ3) is 1.80. The molecule has 2 nitrogen and oxygen atoms in total. The number of ether oxygens (including phenoxy) is 1. The lowest BCUT2D eigenvalue weighted by Crippen LogP contribution is -2.50. The molecule has 0 aromatic heterocycles. The molecule has 0 aromatic carbocycles. The van der Waals surface area contributed by atoms with Crippen molar-refractivity contribution in [3.63, 3.8) is 0 Å². The van der Waals surface area contributed by atoms with Gasteiger partial charge >= 0.3 is 0 Å². The normalized spacial score (nSPS) is 43.0. The first-order valence-electron chi connectivity index (χ1n) is 4.91. The second-order valence-electron chi connectivity index (χ2n) is 4.20. The molecule has 12 heavy (non-hydrogen) atoms. The Kier molecular flexibility index (Phi) is 3.13. The predicted molar refractivity (Wildman–Crippen MR) is 51.3 cm³/mol. The Bertz CT molecular complexity index is 149. The minimum absolute atomic E-state index is 0.423. The van der Waals surface area contributed by atoms with Crippen molar-refractivity contribution >= 4 is 0 Å². The van der Waals surface area contributed by atoms with Gasteiger partial charge in [-0.05, 0) is 32.2 Å². The SMILES string of the molecule is CCC1(C)CC(C)OCC1NC. The molecule has 1 fully saturated rings. The van der Waals surface area contributed by atoms with Crippen LogP contribution in [0.2, 0.25) is 0 Å². The zero-order chi connectivity index (χ0) is 9.19. The van der Waals surface area contributed by atoms with E-state index in [1.54, 1.807) is 0 Å². The van der Waals surface area contributed by atoms with Gasteiger partial charge in [-0.25, -0.2) is 0 Å². The van der Waals surface area contributed by atoms with E-state index >= 15 is 0 Å². The molecule has 0 saturated carbocycles. The number of hydrogen-bond acceptors (Lipinski definition) is 2. The molecule has 0 aliphatic carbocycles. The van der Waals surface area contributed by atoms with Gasteiger partial charge in [0.1, 0.15) is 0 Å². The molecule has 1 rings (SSSR count). The molecule has 1 heterocycles. The first-order valence-corrected chi connectivity index (χ1v) is 4.91. The van der Waals surface area contributed by atoms with E-state index in [0.717, 1.165) is 6.61 Å². The molecule has 0 spiro atoms. The van der Waals surface area contributed by atoms with Gasteiger partial charge in [0.05, 0.1) is 12.7 Å². The molecule has 1 aliphatic heterocycles. The lowest BCUT2D eigenvalue weighted by Gasteiger charge is -2.43. The summed E-state index contributed by atoms with van der Waals surface area (Å²) < 4.78 is 5.62. The quantitative estimate of drug-likeness (QED) is 0.684. The Balaban J connectivity index is 2.63. The van der Waals surface area contributed by atoms with Crippen LogP contribution >= 0.6 is 0 Å². The molecule has 0 aromatic rings. The van der Waals surface area contributed by atoms with Crippen LogP contribution in [-0.2, 0) is 4.74 Å². The number of hydrogen-bond donors (Lipinski definition) is 1. The second kappa shape index (κ2) is 3.75. The highest BCUT2D eigenvalue weighted by Gasteiger charge is 2.37. The van der Waals surface area contributed by atoms with Gasteiger partial charge in [0.15, 0.2) is 0 Å². The third-order valence-corrected chi connectivity index (χ3v) is 3.30. The molecule has 1 N–H and O–H groups in total. The van der Waals surface area contributed by atoms with Crippen LogP contribution in [0.1, 0.15) is 33.6 Å². The van der Waals surface area contributed by atoms with E-state index in [0.29, 0.717) is 17.6 Å². The van der Waals surface area contributed by atoms with E-state index in [4.69, 9.17) is 4.74 Å². The maximum absolute atomic E-state index is 5.62. The molecular weight excluding hydrogens is 150 g/mol. The van der Waals surface area contributed by atoms with Crippen LogP contribution in [0.15, 0.2) is 0 Å². The van der Waals surface area contributed by atoms with Crippen LogP contribution in [0.4, 0.5) is 0 Å². The summed E-state index contributed by atoms with van der Waals surface area (Å²) in [6, 6.07) is 0.527. The highest BCUT2D eigenvalue weighted by atomic mass is 16.5. The Hall–Kier alpha value is -0.0800. The molecule has 0 amide bonds. The molecule has 72 valence electrons. The van der Waals surface area contributed by atoms with E-state index in [1.807, 2.05) is 7.05 Å². The van der Waals surface area contributed by atoms with Crippen molar-refractivity contribution in [3.05, 3.63) is 0 Å². The molecule has 2 heteroatoms. The maximum Gasteiger partial charge on any atom is 0.0628 e. The summed E-state index contributed by atoms with van der Waals surface area (Å²) in [7, 11) is 2.03. The Morgan fingerprint density at radius 1 is 1.58 bits per heavy atom. The topological polar surface area (TPSA) is 21.3 Å². The van der Waals surface area contributed by atoms with Crippen LogP contribution in [0.5, 0.6) is 0 Å². The van der Waals surface area contributed by atoms with E-state index < -0.39 is 0 Å². The Morgan fingerprint density at radius 2 is 2.25 bits per heavy atom. The van der Waals surface area contributed by atoms with E-state index in [-0.39, 0.29) is 0 Å². The first kappa shape index (κ1) is 10.0. The van der Waals surface area contributed by atoms with Crippen molar-refractivity contribution in [2.75, 3.05) is 13.7 Å². The van der Waals surface area contributed by atoms with Crippen molar-refractivity contribution in [1.82, 2.24) is 5.32 Å². The van der Waals surface area contributed by atoms with Gasteiger partial charge in [0, 0.05) is 6.04 Å². The fourth-order valence-electron chi connectivity index (χ4n) is 2.14. The highest BCUT2D eigenvalue weighted by Crippen LogP contribution is 2.35.